The molecule has 10 heteroatoms. The van der Waals surface area contributed by atoms with Gasteiger partial charge in [0.05, 0.1) is 17.1 Å². The standard InChI is InChI=1S/C20H21N3O7/c1-13(2)11-29-17-8-6-14(7-9-17)20(26)30-12-18(24)21-22-19(25)15-4-3-5-16(10-15)23(27)28/h3-10,13H,11-12H2,1-2H3,(H,21,24)(H,22,25). The van der Waals surface area contributed by atoms with Crippen LogP contribution in [0.3, 0.4) is 0 Å². The van der Waals surface area contributed by atoms with E-state index in [1.165, 1.54) is 30.3 Å². The van der Waals surface area contributed by atoms with E-state index in [0.717, 1.165) is 6.07 Å². The van der Waals surface area contributed by atoms with Gasteiger partial charge in [0, 0.05) is 17.7 Å². The minimum atomic E-state index is -0.779. The van der Waals surface area contributed by atoms with Gasteiger partial charge in [-0.1, -0.05) is 19.9 Å². The molecule has 0 aliphatic heterocycles. The van der Waals surface area contributed by atoms with E-state index in [-0.39, 0.29) is 16.8 Å². The molecule has 0 aliphatic rings. The van der Waals surface area contributed by atoms with Gasteiger partial charge in [0.15, 0.2) is 6.61 Å². The van der Waals surface area contributed by atoms with Crippen molar-refractivity contribution in [3.63, 3.8) is 0 Å². The second-order valence-electron chi connectivity index (χ2n) is 6.62. The Hall–Kier alpha value is -3.95. The van der Waals surface area contributed by atoms with Crippen LogP contribution in [0.25, 0.3) is 0 Å². The highest BCUT2D eigenvalue weighted by molar-refractivity contribution is 5.96. The van der Waals surface area contributed by atoms with Crippen molar-refractivity contribution in [3.05, 3.63) is 69.8 Å². The summed E-state index contributed by atoms with van der Waals surface area (Å²) in [5.41, 5.74) is 4.12. The van der Waals surface area contributed by atoms with Gasteiger partial charge in [-0.15, -0.1) is 0 Å². The van der Waals surface area contributed by atoms with Gasteiger partial charge in [0.1, 0.15) is 5.75 Å². The average Bonchev–Trinajstić information content (AvgIpc) is 2.74. The molecule has 0 unspecified atom stereocenters. The molecule has 2 aromatic carbocycles. The summed E-state index contributed by atoms with van der Waals surface area (Å²) in [5, 5.41) is 10.7. The van der Waals surface area contributed by atoms with Crippen molar-refractivity contribution in [3.8, 4) is 5.75 Å². The molecular weight excluding hydrogens is 394 g/mol. The summed E-state index contributed by atoms with van der Waals surface area (Å²) in [6.07, 6.45) is 0. The largest absolute Gasteiger partial charge is 0.493 e. The van der Waals surface area contributed by atoms with Crippen molar-refractivity contribution in [2.45, 2.75) is 13.8 Å². The Morgan fingerprint density at radius 3 is 2.37 bits per heavy atom. The number of nitro benzene ring substituents is 1. The normalized spacial score (nSPS) is 10.2. The van der Waals surface area contributed by atoms with Gasteiger partial charge in [-0.2, -0.15) is 0 Å². The maximum atomic E-state index is 12.0. The molecule has 0 saturated carbocycles. The van der Waals surface area contributed by atoms with Gasteiger partial charge in [-0.3, -0.25) is 30.6 Å². The van der Waals surface area contributed by atoms with Crippen LogP contribution in [-0.4, -0.2) is 35.9 Å². The second kappa shape index (κ2) is 10.6. The number of carbonyl (C=O) groups is 3. The molecule has 0 aromatic heterocycles. The molecular formula is C20H21N3O7. The van der Waals surface area contributed by atoms with E-state index in [1.54, 1.807) is 12.1 Å². The number of carbonyl (C=O) groups excluding carboxylic acids is 3. The van der Waals surface area contributed by atoms with Crippen LogP contribution in [0.15, 0.2) is 48.5 Å². The average molecular weight is 415 g/mol. The van der Waals surface area contributed by atoms with Crippen molar-refractivity contribution in [1.29, 1.82) is 0 Å². The van der Waals surface area contributed by atoms with Crippen LogP contribution in [0.4, 0.5) is 5.69 Å². The second-order valence-corrected chi connectivity index (χ2v) is 6.62. The van der Waals surface area contributed by atoms with Gasteiger partial charge in [-0.25, -0.2) is 4.79 Å². The third kappa shape index (κ3) is 6.89. The van der Waals surface area contributed by atoms with Crippen LogP contribution in [0, 0.1) is 16.0 Å². The summed E-state index contributed by atoms with van der Waals surface area (Å²) >= 11 is 0. The Kier molecular flexibility index (Phi) is 7.86. The third-order valence-corrected chi connectivity index (χ3v) is 3.64. The molecule has 0 bridgehead atoms. The minimum Gasteiger partial charge on any atom is -0.493 e. The summed E-state index contributed by atoms with van der Waals surface area (Å²) in [4.78, 5) is 45.8. The lowest BCUT2D eigenvalue weighted by molar-refractivity contribution is -0.384. The summed E-state index contributed by atoms with van der Waals surface area (Å²) < 4.78 is 10.4. The summed E-state index contributed by atoms with van der Waals surface area (Å²) in [6, 6.07) is 11.3. The monoisotopic (exact) mass is 415 g/mol. The molecule has 0 saturated heterocycles. The van der Waals surface area contributed by atoms with Gasteiger partial charge < -0.3 is 9.47 Å². The molecule has 0 fully saturated rings. The van der Waals surface area contributed by atoms with Gasteiger partial charge in [0.2, 0.25) is 0 Å². The van der Waals surface area contributed by atoms with Crippen LogP contribution in [-0.2, 0) is 9.53 Å². The Morgan fingerprint density at radius 1 is 1.03 bits per heavy atom. The fourth-order valence-electron chi connectivity index (χ4n) is 2.16. The molecule has 158 valence electrons. The molecule has 2 N–H and O–H groups in total. The highest BCUT2D eigenvalue weighted by Crippen LogP contribution is 2.14. The predicted molar refractivity (Wildman–Crippen MR) is 106 cm³/mol. The van der Waals surface area contributed by atoms with E-state index in [0.29, 0.717) is 18.3 Å². The van der Waals surface area contributed by atoms with Gasteiger partial charge in [-0.05, 0) is 36.2 Å². The van der Waals surface area contributed by atoms with Crippen molar-refractivity contribution < 1.29 is 28.8 Å². The maximum Gasteiger partial charge on any atom is 0.338 e. The van der Waals surface area contributed by atoms with E-state index in [2.05, 4.69) is 10.9 Å². The quantitative estimate of drug-likeness (QED) is 0.383. The lowest BCUT2D eigenvalue weighted by Crippen LogP contribution is -2.43. The van der Waals surface area contributed by atoms with Gasteiger partial charge in [0.25, 0.3) is 17.5 Å². The highest BCUT2D eigenvalue weighted by Gasteiger charge is 2.14. The first-order valence-corrected chi connectivity index (χ1v) is 9.00. The zero-order chi connectivity index (χ0) is 22.1. The Morgan fingerprint density at radius 2 is 1.73 bits per heavy atom. The summed E-state index contributed by atoms with van der Waals surface area (Å²) in [6.45, 7) is 3.96. The Balaban J connectivity index is 1.78. The summed E-state index contributed by atoms with van der Waals surface area (Å²) in [7, 11) is 0. The number of nitrogens with one attached hydrogen (secondary N) is 2. The van der Waals surface area contributed by atoms with Crippen molar-refractivity contribution in [2.24, 2.45) is 5.92 Å². The first-order chi connectivity index (χ1) is 14.3. The number of nitrogens with zero attached hydrogens (tertiary/aromatic N) is 1. The highest BCUT2D eigenvalue weighted by atomic mass is 16.6. The zero-order valence-corrected chi connectivity index (χ0v) is 16.4. The first-order valence-electron chi connectivity index (χ1n) is 9.00. The third-order valence-electron chi connectivity index (χ3n) is 3.64. The van der Waals surface area contributed by atoms with E-state index < -0.39 is 29.3 Å². The number of esters is 1. The molecule has 0 spiro atoms. The first kappa shape index (κ1) is 22.3. The number of amides is 2. The molecule has 30 heavy (non-hydrogen) atoms. The number of nitro groups is 1. The van der Waals surface area contributed by atoms with E-state index in [4.69, 9.17) is 9.47 Å². The van der Waals surface area contributed by atoms with Crippen LogP contribution in [0.5, 0.6) is 5.75 Å². The molecule has 2 rings (SSSR count). The number of non-ortho nitro benzene ring substituents is 1. The van der Waals surface area contributed by atoms with E-state index in [9.17, 15) is 24.5 Å². The summed E-state index contributed by atoms with van der Waals surface area (Å²) in [5.74, 6) is -1.27. The van der Waals surface area contributed by atoms with E-state index >= 15 is 0 Å². The number of hydrazine groups is 1. The van der Waals surface area contributed by atoms with Crippen LogP contribution >= 0.6 is 0 Å². The van der Waals surface area contributed by atoms with Crippen LogP contribution in [0.2, 0.25) is 0 Å². The number of hydrogen-bond donors (Lipinski definition) is 2. The molecule has 2 aromatic rings. The van der Waals surface area contributed by atoms with E-state index in [1.807, 2.05) is 13.8 Å². The number of benzene rings is 2. The van der Waals surface area contributed by atoms with Crippen molar-refractivity contribution >= 4 is 23.5 Å². The maximum absolute atomic E-state index is 12.0. The van der Waals surface area contributed by atoms with Crippen molar-refractivity contribution in [1.82, 2.24) is 10.9 Å². The molecule has 2 amide bonds. The number of rotatable bonds is 8. The SMILES string of the molecule is CC(C)COc1ccc(C(=O)OCC(=O)NNC(=O)c2cccc([N+](=O)[O-])c2)cc1. The molecule has 0 heterocycles. The van der Waals surface area contributed by atoms with Crippen molar-refractivity contribution in [2.75, 3.05) is 13.2 Å². The lowest BCUT2D eigenvalue weighted by Gasteiger charge is -2.10. The molecule has 0 atom stereocenters. The fourth-order valence-corrected chi connectivity index (χ4v) is 2.16. The minimum absolute atomic E-state index is 0.0127. The topological polar surface area (TPSA) is 137 Å². The van der Waals surface area contributed by atoms with Gasteiger partial charge >= 0.3 is 5.97 Å². The zero-order valence-electron chi connectivity index (χ0n) is 16.4. The van der Waals surface area contributed by atoms with Crippen LogP contribution < -0.4 is 15.6 Å². The smallest absolute Gasteiger partial charge is 0.338 e. The lowest BCUT2D eigenvalue weighted by atomic mass is 10.2. The number of hydrogen-bond acceptors (Lipinski definition) is 7. The fraction of sp³-hybridized carbons (Fsp3) is 0.250. The Bertz CT molecular complexity index is 926. The van der Waals surface area contributed by atoms with Crippen LogP contribution in [0.1, 0.15) is 34.6 Å². The molecule has 0 radical (unpaired) electrons. The number of ether oxygens (including phenoxy) is 2. The Labute approximate surface area is 172 Å². The molecule has 10 nitrogen and oxygen atoms in total. The predicted octanol–water partition coefficient (Wildman–Crippen LogP) is 2.25. The molecule has 0 aliphatic carbocycles.